The lowest BCUT2D eigenvalue weighted by atomic mass is 9.97. The first kappa shape index (κ1) is 16.6. The number of nitrogens with zero attached hydrogens (tertiary/aromatic N) is 1. The smallest absolute Gasteiger partial charge is 0.246 e. The van der Waals surface area contributed by atoms with Crippen LogP contribution in [-0.4, -0.2) is 35.6 Å². The summed E-state index contributed by atoms with van der Waals surface area (Å²) in [7, 11) is 0. The quantitative estimate of drug-likeness (QED) is 0.715. The molecule has 0 spiro atoms. The van der Waals surface area contributed by atoms with Crippen LogP contribution in [0.3, 0.4) is 0 Å². The van der Waals surface area contributed by atoms with E-state index in [0.717, 1.165) is 29.0 Å². The number of carbonyl (C=O) groups is 1. The molecule has 0 aliphatic carbocycles. The van der Waals surface area contributed by atoms with Crippen molar-refractivity contribution >= 4 is 16.9 Å². The van der Waals surface area contributed by atoms with Crippen molar-refractivity contribution in [2.75, 3.05) is 19.8 Å². The second-order valence-corrected chi connectivity index (χ2v) is 6.49. The molecule has 1 amide bonds. The standard InChI is InChI=1S/C20H21N3O3/c24-20(13-25-12-19-22-16-6-2-3-7-17(16)23-19)21-10-14-9-15-5-1-4-8-18(15)26-11-14/h1-8,14H,9-13H2,(H,21,24)(H,22,23)/t14-/m1/s1. The number of benzene rings is 2. The van der Waals surface area contributed by atoms with Crippen LogP contribution in [0, 0.1) is 5.92 Å². The summed E-state index contributed by atoms with van der Waals surface area (Å²) in [4.78, 5) is 19.6. The van der Waals surface area contributed by atoms with Crippen molar-refractivity contribution in [1.29, 1.82) is 0 Å². The third-order valence-corrected chi connectivity index (χ3v) is 4.45. The van der Waals surface area contributed by atoms with Crippen LogP contribution in [0.5, 0.6) is 5.75 Å². The van der Waals surface area contributed by atoms with E-state index in [-0.39, 0.29) is 25.0 Å². The minimum Gasteiger partial charge on any atom is -0.493 e. The fourth-order valence-electron chi connectivity index (χ4n) is 3.15. The lowest BCUT2D eigenvalue weighted by molar-refractivity contribution is -0.126. The zero-order valence-electron chi connectivity index (χ0n) is 14.4. The number of aromatic nitrogens is 2. The molecule has 1 aromatic heterocycles. The van der Waals surface area contributed by atoms with E-state index in [0.29, 0.717) is 13.2 Å². The Morgan fingerprint density at radius 2 is 2.08 bits per heavy atom. The fourth-order valence-corrected chi connectivity index (χ4v) is 3.15. The van der Waals surface area contributed by atoms with Crippen molar-refractivity contribution < 1.29 is 14.3 Å². The largest absolute Gasteiger partial charge is 0.493 e. The molecule has 26 heavy (non-hydrogen) atoms. The first-order chi connectivity index (χ1) is 12.8. The summed E-state index contributed by atoms with van der Waals surface area (Å²) in [6.45, 7) is 1.50. The second kappa shape index (κ2) is 7.58. The highest BCUT2D eigenvalue weighted by Crippen LogP contribution is 2.26. The van der Waals surface area contributed by atoms with E-state index in [9.17, 15) is 4.79 Å². The van der Waals surface area contributed by atoms with Gasteiger partial charge in [-0.25, -0.2) is 4.98 Å². The molecule has 0 fully saturated rings. The van der Waals surface area contributed by atoms with Gasteiger partial charge in [0.15, 0.2) is 0 Å². The Morgan fingerprint density at radius 3 is 3.00 bits per heavy atom. The van der Waals surface area contributed by atoms with Crippen molar-refractivity contribution in [2.45, 2.75) is 13.0 Å². The number of para-hydroxylation sites is 3. The summed E-state index contributed by atoms with van der Waals surface area (Å²) in [5.74, 6) is 1.82. The Balaban J connectivity index is 1.20. The molecule has 0 saturated carbocycles. The molecule has 6 heteroatoms. The van der Waals surface area contributed by atoms with Gasteiger partial charge in [0.25, 0.3) is 0 Å². The van der Waals surface area contributed by atoms with E-state index >= 15 is 0 Å². The molecule has 3 aromatic rings. The van der Waals surface area contributed by atoms with Crippen molar-refractivity contribution in [3.05, 3.63) is 59.9 Å². The molecule has 134 valence electrons. The van der Waals surface area contributed by atoms with Crippen LogP contribution in [0.4, 0.5) is 0 Å². The predicted molar refractivity (Wildman–Crippen MR) is 97.9 cm³/mol. The van der Waals surface area contributed by atoms with E-state index in [4.69, 9.17) is 9.47 Å². The molecule has 2 N–H and O–H groups in total. The first-order valence-electron chi connectivity index (χ1n) is 8.77. The van der Waals surface area contributed by atoms with Gasteiger partial charge in [-0.05, 0) is 30.2 Å². The van der Waals surface area contributed by atoms with Crippen LogP contribution in [0.25, 0.3) is 11.0 Å². The molecule has 1 aliphatic heterocycles. The van der Waals surface area contributed by atoms with Crippen LogP contribution in [-0.2, 0) is 22.6 Å². The maximum absolute atomic E-state index is 12.0. The topological polar surface area (TPSA) is 76.2 Å². The van der Waals surface area contributed by atoms with Gasteiger partial charge in [-0.3, -0.25) is 4.79 Å². The lowest BCUT2D eigenvalue weighted by Crippen LogP contribution is -2.36. The predicted octanol–water partition coefficient (Wildman–Crippen LogP) is 2.45. The zero-order valence-corrected chi connectivity index (χ0v) is 14.4. The number of rotatable bonds is 6. The van der Waals surface area contributed by atoms with E-state index in [1.807, 2.05) is 42.5 Å². The SMILES string of the molecule is O=C(COCc1nc2ccccc2[nH]1)NC[C@@H]1COc2ccccc2C1. The molecular formula is C20H21N3O3. The summed E-state index contributed by atoms with van der Waals surface area (Å²) in [5.41, 5.74) is 3.06. The van der Waals surface area contributed by atoms with Crippen molar-refractivity contribution in [3.63, 3.8) is 0 Å². The van der Waals surface area contributed by atoms with Gasteiger partial charge < -0.3 is 19.8 Å². The third-order valence-electron chi connectivity index (χ3n) is 4.45. The third kappa shape index (κ3) is 3.86. The highest BCUT2D eigenvalue weighted by molar-refractivity contribution is 5.77. The number of fused-ring (bicyclic) bond motifs is 2. The average Bonchev–Trinajstić information content (AvgIpc) is 3.09. The minimum absolute atomic E-state index is 0.0151. The number of aromatic amines is 1. The van der Waals surface area contributed by atoms with Gasteiger partial charge in [0.1, 0.15) is 24.8 Å². The summed E-state index contributed by atoms with van der Waals surface area (Å²) >= 11 is 0. The second-order valence-electron chi connectivity index (χ2n) is 6.49. The van der Waals surface area contributed by atoms with Gasteiger partial charge in [-0.2, -0.15) is 0 Å². The van der Waals surface area contributed by atoms with E-state index in [1.165, 1.54) is 5.56 Å². The molecule has 0 unspecified atom stereocenters. The van der Waals surface area contributed by atoms with Crippen molar-refractivity contribution in [2.24, 2.45) is 5.92 Å². The Hall–Kier alpha value is -2.86. The normalized spacial score (nSPS) is 16.1. The molecule has 2 aromatic carbocycles. The number of carbonyl (C=O) groups excluding carboxylic acids is 1. The molecule has 6 nitrogen and oxygen atoms in total. The lowest BCUT2D eigenvalue weighted by Gasteiger charge is -2.25. The Kier molecular flexibility index (Phi) is 4.84. The summed E-state index contributed by atoms with van der Waals surface area (Å²) in [6.07, 6.45) is 0.913. The summed E-state index contributed by atoms with van der Waals surface area (Å²) < 4.78 is 11.2. The van der Waals surface area contributed by atoms with Crippen LogP contribution in [0.15, 0.2) is 48.5 Å². The molecular weight excluding hydrogens is 330 g/mol. The summed E-state index contributed by atoms with van der Waals surface area (Å²) in [6, 6.07) is 15.8. The number of H-pyrrole nitrogens is 1. The number of imidazole rings is 1. The van der Waals surface area contributed by atoms with Crippen LogP contribution in [0.1, 0.15) is 11.4 Å². The Bertz CT molecular complexity index is 873. The Morgan fingerprint density at radius 1 is 1.23 bits per heavy atom. The van der Waals surface area contributed by atoms with Crippen molar-refractivity contribution in [3.8, 4) is 5.75 Å². The zero-order chi connectivity index (χ0) is 17.8. The number of ether oxygens (including phenoxy) is 2. The van der Waals surface area contributed by atoms with Crippen LogP contribution in [0.2, 0.25) is 0 Å². The highest BCUT2D eigenvalue weighted by Gasteiger charge is 2.19. The van der Waals surface area contributed by atoms with Gasteiger partial charge >= 0.3 is 0 Å². The maximum atomic E-state index is 12.0. The van der Waals surface area contributed by atoms with Gasteiger partial charge in [-0.1, -0.05) is 30.3 Å². The number of nitrogens with one attached hydrogen (secondary N) is 2. The molecule has 0 bridgehead atoms. The van der Waals surface area contributed by atoms with Gasteiger partial charge in [0.2, 0.25) is 5.91 Å². The monoisotopic (exact) mass is 351 g/mol. The minimum atomic E-state index is -0.125. The van der Waals surface area contributed by atoms with E-state index < -0.39 is 0 Å². The molecule has 0 saturated heterocycles. The highest BCUT2D eigenvalue weighted by atomic mass is 16.5. The average molecular weight is 351 g/mol. The molecule has 2 heterocycles. The van der Waals surface area contributed by atoms with Gasteiger partial charge in [0.05, 0.1) is 17.6 Å². The number of amides is 1. The molecule has 4 rings (SSSR count). The van der Waals surface area contributed by atoms with E-state index in [2.05, 4.69) is 21.4 Å². The number of hydrogen-bond donors (Lipinski definition) is 2. The van der Waals surface area contributed by atoms with Gasteiger partial charge in [0, 0.05) is 12.5 Å². The number of hydrogen-bond acceptors (Lipinski definition) is 4. The first-order valence-corrected chi connectivity index (χ1v) is 8.77. The van der Waals surface area contributed by atoms with Crippen molar-refractivity contribution in [1.82, 2.24) is 15.3 Å². The van der Waals surface area contributed by atoms with Crippen LogP contribution < -0.4 is 10.1 Å². The summed E-state index contributed by atoms with van der Waals surface area (Å²) in [5, 5.41) is 2.92. The Labute approximate surface area is 151 Å². The maximum Gasteiger partial charge on any atom is 0.246 e. The fraction of sp³-hybridized carbons (Fsp3) is 0.300. The molecule has 1 atom stereocenters. The molecule has 0 radical (unpaired) electrons. The van der Waals surface area contributed by atoms with E-state index in [1.54, 1.807) is 0 Å². The van der Waals surface area contributed by atoms with Gasteiger partial charge in [-0.15, -0.1) is 0 Å². The van der Waals surface area contributed by atoms with Crippen LogP contribution >= 0.6 is 0 Å². The molecule has 1 aliphatic rings.